The van der Waals surface area contributed by atoms with Crippen LogP contribution < -0.4 is 41.2 Å². The summed E-state index contributed by atoms with van der Waals surface area (Å²) < 4.78 is 19.1. The van der Waals surface area contributed by atoms with E-state index in [-0.39, 0.29) is 61.3 Å². The molecule has 4 N–H and O–H groups in total. The van der Waals surface area contributed by atoms with Gasteiger partial charge in [-0.3, -0.25) is 29.3 Å². The lowest BCUT2D eigenvalue weighted by molar-refractivity contribution is -0.134. The third-order valence-electron chi connectivity index (χ3n) is 8.67. The number of hydrogen-bond acceptors (Lipinski definition) is 12. The summed E-state index contributed by atoms with van der Waals surface area (Å²) in [5.74, 6) is -0.231. The molecule has 2 aromatic carbocycles. The molecule has 278 valence electrons. The number of benzene rings is 2. The van der Waals surface area contributed by atoms with Gasteiger partial charge in [-0.05, 0) is 68.8 Å². The molecule has 4 amide bonds. The molecule has 2 aromatic heterocycles. The summed E-state index contributed by atoms with van der Waals surface area (Å²) in [6.07, 6.45) is 1.63. The van der Waals surface area contributed by atoms with Crippen LogP contribution in [0.1, 0.15) is 43.1 Å². The van der Waals surface area contributed by atoms with E-state index in [9.17, 15) is 24.0 Å². The monoisotopic (exact) mass is 746 g/mol. The first-order valence-electron chi connectivity index (χ1n) is 17.0. The Morgan fingerprint density at radius 3 is 2.62 bits per heavy atom. The van der Waals surface area contributed by atoms with E-state index < -0.39 is 17.9 Å². The van der Waals surface area contributed by atoms with Crippen LogP contribution in [-0.2, 0) is 19.1 Å². The minimum Gasteiger partial charge on any atom is -0.491 e. The molecule has 1 unspecified atom stereocenters. The zero-order valence-corrected chi connectivity index (χ0v) is 30.1. The molecule has 4 aromatic rings. The van der Waals surface area contributed by atoms with Crippen molar-refractivity contribution >= 4 is 63.6 Å². The summed E-state index contributed by atoms with van der Waals surface area (Å²) in [5, 5.41) is 11.6. The number of nitrogens with zero attached hydrogens (tertiary/aromatic N) is 4. The largest absolute Gasteiger partial charge is 0.491 e. The Hall–Kier alpha value is -5.74. The van der Waals surface area contributed by atoms with Crippen molar-refractivity contribution in [2.75, 3.05) is 50.2 Å². The predicted octanol–water partition coefficient (Wildman–Crippen LogP) is 2.71. The minimum absolute atomic E-state index is 0.0617. The number of halogens is 1. The van der Waals surface area contributed by atoms with Crippen LogP contribution in [0.2, 0.25) is 5.02 Å². The minimum atomic E-state index is -0.763. The van der Waals surface area contributed by atoms with Crippen molar-refractivity contribution in [3.63, 3.8) is 0 Å². The Balaban J connectivity index is 1.09. The molecule has 2 aliphatic rings. The van der Waals surface area contributed by atoms with E-state index in [2.05, 4.69) is 26.3 Å². The molecule has 0 saturated carbocycles. The summed E-state index contributed by atoms with van der Waals surface area (Å²) in [5.41, 5.74) is 1.37. The lowest BCUT2D eigenvalue weighted by Crippen LogP contribution is -2.52. The van der Waals surface area contributed by atoms with Crippen LogP contribution in [0.4, 0.5) is 17.5 Å². The van der Waals surface area contributed by atoms with Crippen molar-refractivity contribution in [1.29, 1.82) is 0 Å². The number of hydrogen-bond donors (Lipinski definition) is 4. The van der Waals surface area contributed by atoms with Gasteiger partial charge < -0.3 is 39.6 Å². The molecule has 53 heavy (non-hydrogen) atoms. The lowest BCUT2D eigenvalue weighted by Gasteiger charge is -2.33. The summed E-state index contributed by atoms with van der Waals surface area (Å²) in [6.45, 7) is 5.12. The van der Waals surface area contributed by atoms with Gasteiger partial charge >= 0.3 is 0 Å². The maximum Gasteiger partial charge on any atom is 0.293 e. The Labute approximate surface area is 309 Å². The quantitative estimate of drug-likeness (QED) is 0.155. The summed E-state index contributed by atoms with van der Waals surface area (Å²) in [7, 11) is 1.49. The average molecular weight is 747 g/mol. The van der Waals surface area contributed by atoms with E-state index in [4.69, 9.17) is 30.8 Å². The Morgan fingerprint density at radius 1 is 1.09 bits per heavy atom. The normalized spacial score (nSPS) is 17.3. The van der Waals surface area contributed by atoms with Crippen LogP contribution in [-0.4, -0.2) is 90.3 Å². The summed E-state index contributed by atoms with van der Waals surface area (Å²) in [6, 6.07) is 12.7. The van der Waals surface area contributed by atoms with Gasteiger partial charge in [0.2, 0.25) is 17.8 Å². The molecule has 6 rings (SSSR count). The maximum absolute atomic E-state index is 13.2. The van der Waals surface area contributed by atoms with Gasteiger partial charge in [-0.1, -0.05) is 11.6 Å². The summed E-state index contributed by atoms with van der Waals surface area (Å²) >= 11 is 6.53. The van der Waals surface area contributed by atoms with Crippen LogP contribution >= 0.6 is 11.6 Å². The number of ether oxygens (including phenoxy) is 3. The van der Waals surface area contributed by atoms with Crippen LogP contribution in [0.25, 0.3) is 10.9 Å². The van der Waals surface area contributed by atoms with E-state index in [0.29, 0.717) is 64.4 Å². The number of piperidine rings is 1. The first kappa shape index (κ1) is 37.0. The van der Waals surface area contributed by atoms with Gasteiger partial charge in [0.05, 0.1) is 24.9 Å². The highest BCUT2D eigenvalue weighted by atomic mass is 35.5. The molecular weight excluding hydrogens is 708 g/mol. The number of carbonyl (C=O) groups is 4. The van der Waals surface area contributed by atoms with E-state index in [0.717, 1.165) is 0 Å². The predicted molar refractivity (Wildman–Crippen MR) is 196 cm³/mol. The third kappa shape index (κ3) is 8.84. The third-order valence-corrected chi connectivity index (χ3v) is 8.95. The second-order valence-electron chi connectivity index (χ2n) is 12.8. The smallest absolute Gasteiger partial charge is 0.293 e. The fourth-order valence-corrected chi connectivity index (χ4v) is 6.07. The molecule has 2 atom stereocenters. The molecule has 2 fully saturated rings. The standard InChI is InChI=1S/C36H39ClN8O8/c1-20(2)45-28-10-6-23(14-22(28)15-29(35(45)50)53-19-31(47)38-3)40-32-26(37)16-39-36(43-32)44-12-13-51-25(17-44)18-52-24-7-4-21(5-8-24)33(48)41-27-9-11-30(46)42-34(27)49/h4-8,10,14-16,20,25,27H,9,11-13,17-19H2,1-3H3,(H,38,47)(H,41,48)(H,39,40,43)(H,42,46,49)/t25-,27?/m0/s1. The molecule has 0 aliphatic carbocycles. The van der Waals surface area contributed by atoms with E-state index >= 15 is 0 Å². The molecular formula is C36H39ClN8O8. The molecule has 2 aliphatic heterocycles. The fourth-order valence-electron chi connectivity index (χ4n) is 5.93. The number of fused-ring (bicyclic) bond motifs is 1. The van der Waals surface area contributed by atoms with Crippen LogP contribution in [0.3, 0.4) is 0 Å². The van der Waals surface area contributed by atoms with Crippen molar-refractivity contribution in [2.24, 2.45) is 0 Å². The van der Waals surface area contributed by atoms with E-state index in [1.165, 1.54) is 13.2 Å². The van der Waals surface area contributed by atoms with Gasteiger partial charge in [-0.25, -0.2) is 4.98 Å². The van der Waals surface area contributed by atoms with Crippen LogP contribution in [0.5, 0.6) is 11.5 Å². The van der Waals surface area contributed by atoms with Gasteiger partial charge in [0, 0.05) is 42.7 Å². The number of anilines is 3. The Bertz CT molecular complexity index is 2090. The molecule has 0 radical (unpaired) electrons. The zero-order valence-electron chi connectivity index (χ0n) is 29.3. The topological polar surface area (TPSA) is 195 Å². The average Bonchev–Trinajstić information content (AvgIpc) is 3.15. The number of imide groups is 1. The van der Waals surface area contributed by atoms with Crippen molar-refractivity contribution in [3.05, 3.63) is 75.7 Å². The first-order chi connectivity index (χ1) is 25.5. The molecule has 0 bridgehead atoms. The molecule has 16 nitrogen and oxygen atoms in total. The fraction of sp³-hybridized carbons (Fsp3) is 0.361. The van der Waals surface area contributed by atoms with Crippen molar-refractivity contribution < 1.29 is 33.4 Å². The molecule has 2 saturated heterocycles. The zero-order chi connectivity index (χ0) is 37.6. The number of nitrogens with one attached hydrogen (secondary N) is 4. The molecule has 17 heteroatoms. The highest BCUT2D eigenvalue weighted by Crippen LogP contribution is 2.29. The maximum atomic E-state index is 13.2. The van der Waals surface area contributed by atoms with E-state index in [1.54, 1.807) is 34.9 Å². The lowest BCUT2D eigenvalue weighted by atomic mass is 10.1. The second-order valence-corrected chi connectivity index (χ2v) is 13.2. The van der Waals surface area contributed by atoms with Crippen LogP contribution in [0, 0.1) is 0 Å². The number of aromatic nitrogens is 3. The van der Waals surface area contributed by atoms with Crippen molar-refractivity contribution in [3.8, 4) is 11.5 Å². The number of rotatable bonds is 12. The number of morpholine rings is 1. The Morgan fingerprint density at radius 2 is 1.89 bits per heavy atom. The van der Waals surface area contributed by atoms with Crippen molar-refractivity contribution in [2.45, 2.75) is 44.9 Å². The Kier molecular flexibility index (Phi) is 11.4. The highest BCUT2D eigenvalue weighted by molar-refractivity contribution is 6.33. The van der Waals surface area contributed by atoms with Gasteiger partial charge in [-0.2, -0.15) is 4.98 Å². The van der Waals surface area contributed by atoms with E-state index in [1.807, 2.05) is 36.9 Å². The second kappa shape index (κ2) is 16.3. The van der Waals surface area contributed by atoms with Gasteiger partial charge in [0.1, 0.15) is 29.5 Å². The van der Waals surface area contributed by atoms with Gasteiger partial charge in [0.25, 0.3) is 17.4 Å². The number of likely N-dealkylation sites (N-methyl/N-ethyl adjacent to an activating group) is 1. The molecule has 0 spiro atoms. The van der Waals surface area contributed by atoms with Crippen molar-refractivity contribution in [1.82, 2.24) is 30.5 Å². The van der Waals surface area contributed by atoms with Gasteiger partial charge in [-0.15, -0.1) is 0 Å². The van der Waals surface area contributed by atoms with Crippen LogP contribution in [0.15, 0.2) is 59.5 Å². The first-order valence-corrected chi connectivity index (χ1v) is 17.4. The number of amides is 4. The number of pyridine rings is 1. The van der Waals surface area contributed by atoms with Gasteiger partial charge in [0.15, 0.2) is 18.2 Å². The number of carbonyl (C=O) groups excluding carboxylic acids is 4. The highest BCUT2D eigenvalue weighted by Gasteiger charge is 2.28. The molecule has 4 heterocycles. The summed E-state index contributed by atoms with van der Waals surface area (Å²) in [4.78, 5) is 72.1. The SMILES string of the molecule is CNC(=O)COc1cc2cc(Nc3nc(N4CCO[C@H](COc5ccc(C(=O)NC6CCC(=O)NC6=O)cc5)C4)ncc3Cl)ccc2n(C(C)C)c1=O.